The number of sulfonamides is 1. The highest BCUT2D eigenvalue weighted by Crippen LogP contribution is 2.52. The summed E-state index contributed by atoms with van der Waals surface area (Å²) in [5.74, 6) is 2.15. The van der Waals surface area contributed by atoms with Crippen molar-refractivity contribution in [2.45, 2.75) is 11.9 Å². The zero-order chi connectivity index (χ0) is 23.0. The lowest BCUT2D eigenvalue weighted by molar-refractivity contribution is 0.240. The van der Waals surface area contributed by atoms with Gasteiger partial charge in [0.25, 0.3) is 0 Å². The molecule has 3 aromatic rings. The first kappa shape index (κ1) is 22.4. The summed E-state index contributed by atoms with van der Waals surface area (Å²) in [6.45, 7) is 0. The van der Waals surface area contributed by atoms with Crippen LogP contribution in [0.4, 0.5) is 0 Å². The van der Waals surface area contributed by atoms with Crippen molar-refractivity contribution in [3.8, 4) is 34.1 Å². The lowest BCUT2D eigenvalue weighted by Gasteiger charge is -2.32. The van der Waals surface area contributed by atoms with Gasteiger partial charge in [-0.05, 0) is 35.4 Å². The lowest BCUT2D eigenvalue weighted by atomic mass is 9.88. The van der Waals surface area contributed by atoms with Gasteiger partial charge < -0.3 is 18.9 Å². The zero-order valence-electron chi connectivity index (χ0n) is 17.7. The van der Waals surface area contributed by atoms with Crippen molar-refractivity contribution in [1.82, 2.24) is 0 Å². The van der Waals surface area contributed by atoms with E-state index in [-0.39, 0.29) is 5.75 Å². The van der Waals surface area contributed by atoms with Gasteiger partial charge in [-0.3, -0.25) is 0 Å². The van der Waals surface area contributed by atoms with Crippen LogP contribution in [0.5, 0.6) is 23.0 Å². The zero-order valence-corrected chi connectivity index (χ0v) is 20.1. The molecule has 3 aromatic carbocycles. The molecule has 1 unspecified atom stereocenters. The molecule has 0 spiro atoms. The van der Waals surface area contributed by atoms with Crippen LogP contribution in [0.25, 0.3) is 11.1 Å². The quantitative estimate of drug-likeness (QED) is 0.517. The number of fused-ring (bicyclic) bond motifs is 3. The molecular formula is C23H22BrNO6S. The molecule has 0 bridgehead atoms. The van der Waals surface area contributed by atoms with Crippen LogP contribution in [0.2, 0.25) is 0 Å². The number of benzene rings is 3. The van der Waals surface area contributed by atoms with E-state index in [4.69, 9.17) is 24.1 Å². The third kappa shape index (κ3) is 4.03. The molecule has 168 valence electrons. The fourth-order valence-corrected chi connectivity index (χ4v) is 5.48. The Morgan fingerprint density at radius 3 is 2.34 bits per heavy atom. The van der Waals surface area contributed by atoms with E-state index in [1.807, 2.05) is 36.4 Å². The number of rotatable bonds is 6. The Labute approximate surface area is 195 Å². The first-order valence-corrected chi connectivity index (χ1v) is 12.2. The number of methoxy groups -OCH3 is 3. The first-order chi connectivity index (χ1) is 15.3. The fourth-order valence-electron chi connectivity index (χ4n) is 3.92. The summed E-state index contributed by atoms with van der Waals surface area (Å²) in [7, 11) is 1.00. The SMILES string of the molecule is COc1ccc(C2Oc3cccc(OC)c3-c3ccc(CS(N)(=O)=O)c(Br)c32)cc1OC. The average Bonchev–Trinajstić information content (AvgIpc) is 2.78. The summed E-state index contributed by atoms with van der Waals surface area (Å²) in [4.78, 5) is 0. The molecule has 0 saturated heterocycles. The van der Waals surface area contributed by atoms with Crippen LogP contribution >= 0.6 is 15.9 Å². The van der Waals surface area contributed by atoms with Crippen LogP contribution in [-0.2, 0) is 15.8 Å². The van der Waals surface area contributed by atoms with Gasteiger partial charge in [0.1, 0.15) is 11.5 Å². The van der Waals surface area contributed by atoms with Crippen molar-refractivity contribution in [3.05, 3.63) is 69.7 Å². The van der Waals surface area contributed by atoms with E-state index >= 15 is 0 Å². The monoisotopic (exact) mass is 519 g/mol. The fraction of sp³-hybridized carbons (Fsp3) is 0.217. The molecule has 32 heavy (non-hydrogen) atoms. The molecule has 1 atom stereocenters. The van der Waals surface area contributed by atoms with Gasteiger partial charge in [-0.1, -0.05) is 40.2 Å². The molecule has 0 radical (unpaired) electrons. The molecule has 0 aliphatic carbocycles. The third-order valence-electron chi connectivity index (χ3n) is 5.31. The molecule has 0 aromatic heterocycles. The molecule has 0 saturated carbocycles. The standard InChI is InChI=1S/C23H22BrNO6S/c1-28-16-10-8-13(11-19(16)30-3)23-21-15(9-7-14(22(21)24)12-32(25,26)27)20-17(29-2)5-4-6-18(20)31-23/h4-11,23H,12H2,1-3H3,(H2,25,26,27). The maximum Gasteiger partial charge on any atom is 0.213 e. The summed E-state index contributed by atoms with van der Waals surface area (Å²) < 4.78 is 47.1. The predicted octanol–water partition coefficient (Wildman–Crippen LogP) is 4.41. The van der Waals surface area contributed by atoms with E-state index in [2.05, 4.69) is 15.9 Å². The van der Waals surface area contributed by atoms with Gasteiger partial charge in [-0.15, -0.1) is 0 Å². The smallest absolute Gasteiger partial charge is 0.213 e. The minimum atomic E-state index is -3.73. The summed E-state index contributed by atoms with van der Waals surface area (Å²) in [6.07, 6.45) is -0.542. The number of hydrogen-bond donors (Lipinski definition) is 1. The minimum absolute atomic E-state index is 0.307. The van der Waals surface area contributed by atoms with Crippen LogP contribution in [0.1, 0.15) is 22.8 Å². The highest BCUT2D eigenvalue weighted by molar-refractivity contribution is 9.10. The van der Waals surface area contributed by atoms with Crippen LogP contribution in [0, 0.1) is 0 Å². The van der Waals surface area contributed by atoms with Gasteiger partial charge in [0.2, 0.25) is 10.0 Å². The van der Waals surface area contributed by atoms with Crippen molar-refractivity contribution in [2.24, 2.45) is 5.14 Å². The van der Waals surface area contributed by atoms with Crippen LogP contribution in [0.3, 0.4) is 0 Å². The molecule has 4 rings (SSSR count). The van der Waals surface area contributed by atoms with Crippen molar-refractivity contribution >= 4 is 26.0 Å². The van der Waals surface area contributed by atoms with Gasteiger partial charge >= 0.3 is 0 Å². The Bertz CT molecular complexity index is 1290. The second-order valence-corrected chi connectivity index (χ2v) is 9.66. The Morgan fingerprint density at radius 2 is 1.69 bits per heavy atom. The molecule has 1 aliphatic rings. The summed E-state index contributed by atoms with van der Waals surface area (Å²) in [6, 6.07) is 14.8. The molecule has 2 N–H and O–H groups in total. The van der Waals surface area contributed by atoms with E-state index < -0.39 is 16.1 Å². The van der Waals surface area contributed by atoms with Crippen molar-refractivity contribution in [2.75, 3.05) is 21.3 Å². The maximum atomic E-state index is 11.8. The summed E-state index contributed by atoms with van der Waals surface area (Å²) in [5, 5.41) is 5.32. The Hall–Kier alpha value is -2.75. The lowest BCUT2D eigenvalue weighted by Crippen LogP contribution is -2.19. The van der Waals surface area contributed by atoms with Gasteiger partial charge in [-0.25, -0.2) is 13.6 Å². The highest BCUT2D eigenvalue weighted by Gasteiger charge is 2.33. The molecule has 9 heteroatoms. The largest absolute Gasteiger partial charge is 0.496 e. The number of nitrogens with two attached hydrogens (primary N) is 1. The third-order valence-corrected chi connectivity index (χ3v) is 6.96. The Balaban J connectivity index is 1.97. The normalized spacial score (nSPS) is 14.7. The van der Waals surface area contributed by atoms with Gasteiger partial charge in [0.05, 0.1) is 32.6 Å². The van der Waals surface area contributed by atoms with Gasteiger partial charge in [-0.2, -0.15) is 0 Å². The summed E-state index contributed by atoms with van der Waals surface area (Å²) >= 11 is 3.62. The predicted molar refractivity (Wildman–Crippen MR) is 125 cm³/mol. The van der Waals surface area contributed by atoms with Crippen LogP contribution in [-0.4, -0.2) is 29.7 Å². The van der Waals surface area contributed by atoms with Gasteiger partial charge in [0.15, 0.2) is 17.6 Å². The number of primary sulfonamides is 1. The average molecular weight is 520 g/mol. The molecule has 7 nitrogen and oxygen atoms in total. The first-order valence-electron chi connectivity index (χ1n) is 9.65. The molecule has 1 heterocycles. The van der Waals surface area contributed by atoms with Crippen LogP contribution in [0.15, 0.2) is 53.0 Å². The van der Waals surface area contributed by atoms with E-state index in [0.29, 0.717) is 33.0 Å². The summed E-state index contributed by atoms with van der Waals surface area (Å²) in [5.41, 5.74) is 3.79. The number of hydrogen-bond acceptors (Lipinski definition) is 6. The van der Waals surface area contributed by atoms with E-state index in [1.165, 1.54) is 0 Å². The Morgan fingerprint density at radius 1 is 0.969 bits per heavy atom. The minimum Gasteiger partial charge on any atom is -0.496 e. The number of ether oxygens (including phenoxy) is 4. The second kappa shape index (κ2) is 8.65. The van der Waals surface area contributed by atoms with Crippen molar-refractivity contribution < 1.29 is 27.4 Å². The topological polar surface area (TPSA) is 97.1 Å². The molecular weight excluding hydrogens is 498 g/mol. The van der Waals surface area contributed by atoms with E-state index in [9.17, 15) is 8.42 Å². The highest BCUT2D eigenvalue weighted by atomic mass is 79.9. The number of halogens is 1. The van der Waals surface area contributed by atoms with Crippen molar-refractivity contribution in [1.29, 1.82) is 0 Å². The molecule has 0 fully saturated rings. The van der Waals surface area contributed by atoms with Crippen LogP contribution < -0.4 is 24.1 Å². The van der Waals surface area contributed by atoms with Gasteiger partial charge in [0, 0.05) is 15.6 Å². The molecule has 1 aliphatic heterocycles. The van der Waals surface area contributed by atoms with E-state index in [0.717, 1.165) is 22.3 Å². The van der Waals surface area contributed by atoms with E-state index in [1.54, 1.807) is 33.5 Å². The molecule has 0 amide bonds. The Kier molecular flexibility index (Phi) is 6.07. The maximum absolute atomic E-state index is 11.8. The van der Waals surface area contributed by atoms with Crippen molar-refractivity contribution in [3.63, 3.8) is 0 Å². The second-order valence-electron chi connectivity index (χ2n) is 7.25.